The average molecular weight is 300 g/mol. The minimum atomic E-state index is 0.525. The molecule has 16 heavy (non-hydrogen) atoms. The lowest BCUT2D eigenvalue weighted by atomic mass is 9.97. The molecule has 0 radical (unpaired) electrons. The zero-order chi connectivity index (χ0) is 11.4. The molecule has 2 rings (SSSR count). The van der Waals surface area contributed by atoms with Crippen LogP contribution in [0.3, 0.4) is 0 Å². The third-order valence-corrected chi connectivity index (χ3v) is 4.47. The predicted molar refractivity (Wildman–Crippen MR) is 75.1 cm³/mol. The predicted octanol–water partition coefficient (Wildman–Crippen LogP) is 4.48. The molecule has 1 saturated carbocycles. The topological polar surface area (TPSA) is 12.0 Å². The lowest BCUT2D eigenvalue weighted by Crippen LogP contribution is -2.27. The highest BCUT2D eigenvalue weighted by Crippen LogP contribution is 2.37. The van der Waals surface area contributed by atoms with Crippen LogP contribution in [0.5, 0.6) is 0 Å². The van der Waals surface area contributed by atoms with Crippen molar-refractivity contribution in [3.8, 4) is 0 Å². The van der Waals surface area contributed by atoms with Crippen molar-refractivity contribution in [2.75, 3.05) is 6.54 Å². The van der Waals surface area contributed by atoms with Gasteiger partial charge in [0, 0.05) is 21.9 Å². The number of rotatable bonds is 5. The highest BCUT2D eigenvalue weighted by atomic mass is 79.9. The van der Waals surface area contributed by atoms with Gasteiger partial charge in [0.1, 0.15) is 0 Å². The maximum absolute atomic E-state index is 3.89. The molecule has 0 spiro atoms. The fourth-order valence-electron chi connectivity index (χ4n) is 2.48. The minimum Gasteiger partial charge on any atom is -0.304 e. The summed E-state index contributed by atoms with van der Waals surface area (Å²) >= 11 is 5.28. The maximum Gasteiger partial charge on any atom is 0.0446 e. The third kappa shape index (κ3) is 3.19. The number of thiophene rings is 1. The van der Waals surface area contributed by atoms with Gasteiger partial charge in [-0.15, -0.1) is 11.3 Å². The van der Waals surface area contributed by atoms with Gasteiger partial charge in [0.15, 0.2) is 0 Å². The molecular formula is C13H18BrNS. The van der Waals surface area contributed by atoms with Crippen LogP contribution in [0.2, 0.25) is 0 Å². The Bertz CT molecular complexity index is 328. The molecule has 1 aliphatic carbocycles. The summed E-state index contributed by atoms with van der Waals surface area (Å²) < 4.78 is 1.03. The summed E-state index contributed by atoms with van der Waals surface area (Å²) in [5.41, 5.74) is 0. The van der Waals surface area contributed by atoms with Crippen LogP contribution < -0.4 is 5.32 Å². The summed E-state index contributed by atoms with van der Waals surface area (Å²) in [5.74, 6) is 0.811. The van der Waals surface area contributed by atoms with E-state index in [-0.39, 0.29) is 0 Å². The highest BCUT2D eigenvalue weighted by Gasteiger charge is 2.26. The summed E-state index contributed by atoms with van der Waals surface area (Å²) in [4.78, 5) is 1.47. The van der Waals surface area contributed by atoms with Crippen LogP contribution >= 0.6 is 27.3 Å². The Morgan fingerprint density at radius 2 is 2.31 bits per heavy atom. The zero-order valence-electron chi connectivity index (χ0n) is 9.42. The molecule has 3 heteroatoms. The van der Waals surface area contributed by atoms with Gasteiger partial charge in [-0.05, 0) is 30.2 Å². The number of hydrogen-bond donors (Lipinski definition) is 1. The highest BCUT2D eigenvalue weighted by molar-refractivity contribution is 9.11. The van der Waals surface area contributed by atoms with E-state index in [1.165, 1.54) is 30.6 Å². The molecule has 0 saturated heterocycles. The first kappa shape index (κ1) is 12.3. The van der Waals surface area contributed by atoms with Crippen LogP contribution in [-0.2, 0) is 0 Å². The van der Waals surface area contributed by atoms with Crippen molar-refractivity contribution in [3.63, 3.8) is 0 Å². The Morgan fingerprint density at radius 1 is 1.56 bits per heavy atom. The molecule has 1 heterocycles. The molecule has 88 valence electrons. The van der Waals surface area contributed by atoms with Gasteiger partial charge < -0.3 is 5.32 Å². The quantitative estimate of drug-likeness (QED) is 0.845. The van der Waals surface area contributed by atoms with Crippen LogP contribution in [-0.4, -0.2) is 6.54 Å². The van der Waals surface area contributed by atoms with E-state index < -0.39 is 0 Å². The normalized spacial score (nSPS) is 18.8. The standard InChI is InChI=1S/C13H18BrNS/c1-10(14)9-15-13(11-5-2-3-6-11)12-7-4-8-16-12/h4,7-8,11,13,15H,1-3,5-6,9H2. The number of nitrogens with one attached hydrogen (secondary N) is 1. The Labute approximate surface area is 110 Å². The van der Waals surface area contributed by atoms with Gasteiger partial charge in [-0.25, -0.2) is 0 Å². The largest absolute Gasteiger partial charge is 0.304 e. The van der Waals surface area contributed by atoms with Gasteiger partial charge in [0.25, 0.3) is 0 Å². The Morgan fingerprint density at radius 3 is 2.88 bits per heavy atom. The van der Waals surface area contributed by atoms with Gasteiger partial charge in [-0.1, -0.05) is 41.4 Å². The Hall–Kier alpha value is -0.120. The molecule has 0 amide bonds. The van der Waals surface area contributed by atoms with E-state index in [4.69, 9.17) is 0 Å². The van der Waals surface area contributed by atoms with Crippen LogP contribution in [0.25, 0.3) is 0 Å². The zero-order valence-corrected chi connectivity index (χ0v) is 11.8. The van der Waals surface area contributed by atoms with Crippen molar-refractivity contribution in [2.45, 2.75) is 31.7 Å². The first-order valence-corrected chi connectivity index (χ1v) is 7.54. The van der Waals surface area contributed by atoms with Crippen LogP contribution in [0, 0.1) is 5.92 Å². The molecule has 1 aromatic heterocycles. The van der Waals surface area contributed by atoms with E-state index in [1.807, 2.05) is 11.3 Å². The number of hydrogen-bond acceptors (Lipinski definition) is 2. The molecule has 1 N–H and O–H groups in total. The van der Waals surface area contributed by atoms with Crippen molar-refractivity contribution in [1.29, 1.82) is 0 Å². The third-order valence-electron chi connectivity index (χ3n) is 3.23. The molecule has 1 nitrogen and oxygen atoms in total. The van der Waals surface area contributed by atoms with E-state index in [9.17, 15) is 0 Å². The average Bonchev–Trinajstić information content (AvgIpc) is 2.88. The van der Waals surface area contributed by atoms with Crippen LogP contribution in [0.4, 0.5) is 0 Å². The molecule has 0 aliphatic heterocycles. The lowest BCUT2D eigenvalue weighted by Gasteiger charge is -2.23. The molecule has 0 bridgehead atoms. The minimum absolute atomic E-state index is 0.525. The summed E-state index contributed by atoms with van der Waals surface area (Å²) in [6.45, 7) is 4.75. The summed E-state index contributed by atoms with van der Waals surface area (Å²) in [7, 11) is 0. The van der Waals surface area contributed by atoms with Gasteiger partial charge in [0.2, 0.25) is 0 Å². The Kier molecular flexibility index (Phi) is 4.62. The van der Waals surface area contributed by atoms with Crippen molar-refractivity contribution in [3.05, 3.63) is 33.5 Å². The van der Waals surface area contributed by atoms with Crippen LogP contribution in [0.15, 0.2) is 28.6 Å². The van der Waals surface area contributed by atoms with E-state index in [0.717, 1.165) is 16.9 Å². The van der Waals surface area contributed by atoms with Crippen molar-refractivity contribution < 1.29 is 0 Å². The second-order valence-electron chi connectivity index (χ2n) is 4.44. The van der Waals surface area contributed by atoms with Crippen molar-refractivity contribution >= 4 is 27.3 Å². The van der Waals surface area contributed by atoms with Gasteiger partial charge >= 0.3 is 0 Å². The van der Waals surface area contributed by atoms with E-state index >= 15 is 0 Å². The molecular weight excluding hydrogens is 282 g/mol. The molecule has 1 unspecified atom stereocenters. The molecule has 1 aromatic rings. The summed E-state index contributed by atoms with van der Waals surface area (Å²) in [6, 6.07) is 4.92. The summed E-state index contributed by atoms with van der Waals surface area (Å²) in [6.07, 6.45) is 5.52. The SMILES string of the molecule is C=C(Br)CNC(c1cccs1)C1CCCC1. The monoisotopic (exact) mass is 299 g/mol. The van der Waals surface area contributed by atoms with Crippen molar-refractivity contribution in [2.24, 2.45) is 5.92 Å². The van der Waals surface area contributed by atoms with E-state index in [2.05, 4.69) is 45.3 Å². The second-order valence-corrected chi connectivity index (χ2v) is 6.54. The van der Waals surface area contributed by atoms with Crippen LogP contribution in [0.1, 0.15) is 36.6 Å². The maximum atomic E-state index is 3.89. The van der Waals surface area contributed by atoms with E-state index in [0.29, 0.717) is 6.04 Å². The van der Waals surface area contributed by atoms with Crippen molar-refractivity contribution in [1.82, 2.24) is 5.32 Å². The molecule has 0 aromatic carbocycles. The molecule has 1 atom stereocenters. The first-order valence-electron chi connectivity index (χ1n) is 5.87. The fraction of sp³-hybridized carbons (Fsp3) is 0.538. The van der Waals surface area contributed by atoms with E-state index in [1.54, 1.807) is 0 Å². The number of halogens is 1. The molecule has 1 aliphatic rings. The Balaban J connectivity index is 2.03. The summed E-state index contributed by atoms with van der Waals surface area (Å²) in [5, 5.41) is 5.80. The first-order chi connectivity index (χ1) is 7.77. The lowest BCUT2D eigenvalue weighted by molar-refractivity contribution is 0.384. The second kappa shape index (κ2) is 5.99. The fourth-order valence-corrected chi connectivity index (χ4v) is 3.53. The smallest absolute Gasteiger partial charge is 0.0446 e. The van der Waals surface area contributed by atoms with Gasteiger partial charge in [0.05, 0.1) is 0 Å². The van der Waals surface area contributed by atoms with Gasteiger partial charge in [-0.3, -0.25) is 0 Å². The van der Waals surface area contributed by atoms with Gasteiger partial charge in [-0.2, -0.15) is 0 Å². The molecule has 1 fully saturated rings.